The number of hydrogen-bond acceptors (Lipinski definition) is 5. The Kier molecular flexibility index (Phi) is 5.04. The summed E-state index contributed by atoms with van der Waals surface area (Å²) in [5.74, 6) is -0.258. The van der Waals surface area contributed by atoms with E-state index in [1.165, 1.54) is 30.3 Å². The van der Waals surface area contributed by atoms with E-state index >= 15 is 0 Å². The van der Waals surface area contributed by atoms with E-state index in [1.54, 1.807) is 36.4 Å². The molecule has 0 saturated carbocycles. The van der Waals surface area contributed by atoms with Gasteiger partial charge in [-0.3, -0.25) is 4.79 Å². The minimum atomic E-state index is -3.80. The second kappa shape index (κ2) is 7.39. The lowest BCUT2D eigenvalue weighted by molar-refractivity contribution is -0.113. The van der Waals surface area contributed by atoms with Crippen molar-refractivity contribution in [1.29, 1.82) is 0 Å². The molecule has 5 nitrogen and oxygen atoms in total. The van der Waals surface area contributed by atoms with Gasteiger partial charge in [-0.2, -0.15) is 0 Å². The third kappa shape index (κ3) is 3.49. The summed E-state index contributed by atoms with van der Waals surface area (Å²) in [7, 11) is -7.55. The number of rotatable bonds is 4. The first-order valence-electron chi connectivity index (χ1n) is 9.38. The molecular formula is C22H20O5S2. The molecule has 0 aromatic heterocycles. The Morgan fingerprint density at radius 1 is 0.793 bits per heavy atom. The summed E-state index contributed by atoms with van der Waals surface area (Å²) < 4.78 is 53.1. The van der Waals surface area contributed by atoms with Gasteiger partial charge < -0.3 is 0 Å². The molecule has 7 heteroatoms. The average Bonchev–Trinajstić information content (AvgIpc) is 2.99. The quantitative estimate of drug-likeness (QED) is 0.742. The summed E-state index contributed by atoms with van der Waals surface area (Å²) in [5.41, 5.74) is 0.701. The number of ketones is 1. The zero-order valence-electron chi connectivity index (χ0n) is 15.6. The van der Waals surface area contributed by atoms with Crippen molar-refractivity contribution in [2.24, 2.45) is 0 Å². The van der Waals surface area contributed by atoms with Gasteiger partial charge in [-0.1, -0.05) is 36.4 Å². The van der Waals surface area contributed by atoms with Gasteiger partial charge in [0, 0.05) is 6.42 Å². The molecule has 2 aromatic carbocycles. The monoisotopic (exact) mass is 428 g/mol. The van der Waals surface area contributed by atoms with Gasteiger partial charge >= 0.3 is 0 Å². The Hall–Kier alpha value is -2.51. The standard InChI is InChI=1S/C22H20O5S2/c23-16-14-19-20(15-16)22(29(26,27)18-10-5-2-6-11-18)13-7-12-21(19)28(24,25)17-8-3-1-4-9-17/h1-6,8-11,14,21H,7,12-13,15H2. The fourth-order valence-corrected chi connectivity index (χ4v) is 7.64. The molecule has 1 atom stereocenters. The van der Waals surface area contributed by atoms with Crippen LogP contribution in [0.2, 0.25) is 0 Å². The zero-order chi connectivity index (χ0) is 20.6. The molecule has 0 fully saturated rings. The van der Waals surface area contributed by atoms with Crippen molar-refractivity contribution in [3.8, 4) is 0 Å². The second-order valence-electron chi connectivity index (χ2n) is 7.20. The van der Waals surface area contributed by atoms with E-state index in [-0.39, 0.29) is 39.7 Å². The number of carbonyl (C=O) groups excluding carboxylic acids is 1. The van der Waals surface area contributed by atoms with E-state index < -0.39 is 24.9 Å². The Bertz CT molecular complexity index is 1220. The molecule has 150 valence electrons. The summed E-state index contributed by atoms with van der Waals surface area (Å²) in [6.45, 7) is 0. The van der Waals surface area contributed by atoms with Crippen molar-refractivity contribution in [1.82, 2.24) is 0 Å². The van der Waals surface area contributed by atoms with Gasteiger partial charge in [0.15, 0.2) is 15.6 Å². The van der Waals surface area contributed by atoms with E-state index in [1.807, 2.05) is 0 Å². The molecule has 4 rings (SSSR count). The van der Waals surface area contributed by atoms with E-state index in [9.17, 15) is 21.6 Å². The minimum Gasteiger partial charge on any atom is -0.294 e. The van der Waals surface area contributed by atoms with Gasteiger partial charge in [0.05, 0.1) is 19.9 Å². The topological polar surface area (TPSA) is 85.3 Å². The lowest BCUT2D eigenvalue weighted by Gasteiger charge is -2.18. The van der Waals surface area contributed by atoms with Crippen LogP contribution in [0.1, 0.15) is 25.7 Å². The highest BCUT2D eigenvalue weighted by Crippen LogP contribution is 2.42. The first kappa shape index (κ1) is 19.8. The Labute approximate surface area is 170 Å². The summed E-state index contributed by atoms with van der Waals surface area (Å²) in [6, 6.07) is 16.2. The highest BCUT2D eigenvalue weighted by molar-refractivity contribution is 7.95. The fourth-order valence-electron chi connectivity index (χ4n) is 4.02. The molecule has 0 bridgehead atoms. The predicted octanol–water partition coefficient (Wildman–Crippen LogP) is 3.64. The molecule has 2 aromatic rings. The maximum atomic E-state index is 13.3. The molecule has 2 aliphatic rings. The first-order valence-corrected chi connectivity index (χ1v) is 12.4. The van der Waals surface area contributed by atoms with Crippen LogP contribution in [0.4, 0.5) is 0 Å². The first-order chi connectivity index (χ1) is 13.8. The predicted molar refractivity (Wildman–Crippen MR) is 110 cm³/mol. The van der Waals surface area contributed by atoms with Crippen molar-refractivity contribution in [2.45, 2.75) is 40.7 Å². The van der Waals surface area contributed by atoms with Gasteiger partial charge in [0.25, 0.3) is 0 Å². The molecule has 0 saturated heterocycles. The maximum Gasteiger partial charge on any atom is 0.203 e. The normalized spacial score (nSPS) is 20.2. The molecule has 0 N–H and O–H groups in total. The smallest absolute Gasteiger partial charge is 0.203 e. The molecule has 0 amide bonds. The van der Waals surface area contributed by atoms with Crippen LogP contribution < -0.4 is 0 Å². The summed E-state index contributed by atoms with van der Waals surface area (Å²) in [6.07, 6.45) is 2.16. The van der Waals surface area contributed by atoms with Crippen molar-refractivity contribution < 1.29 is 21.6 Å². The van der Waals surface area contributed by atoms with Crippen molar-refractivity contribution >= 4 is 25.5 Å². The largest absolute Gasteiger partial charge is 0.294 e. The van der Waals surface area contributed by atoms with Gasteiger partial charge in [0.1, 0.15) is 0 Å². The van der Waals surface area contributed by atoms with Crippen molar-refractivity contribution in [3.05, 3.63) is 82.8 Å². The van der Waals surface area contributed by atoms with Crippen LogP contribution in [0.15, 0.2) is 92.6 Å². The van der Waals surface area contributed by atoms with Crippen LogP contribution in [-0.4, -0.2) is 27.9 Å². The number of sulfone groups is 2. The lowest BCUT2D eigenvalue weighted by Crippen LogP contribution is -2.23. The molecule has 0 aliphatic heterocycles. The molecule has 2 aliphatic carbocycles. The van der Waals surface area contributed by atoms with E-state index in [0.717, 1.165) is 0 Å². The number of hydrogen-bond donors (Lipinski definition) is 0. The molecule has 29 heavy (non-hydrogen) atoms. The highest BCUT2D eigenvalue weighted by Gasteiger charge is 2.40. The molecule has 0 radical (unpaired) electrons. The number of allylic oxidation sites excluding steroid dienone is 3. The van der Waals surface area contributed by atoms with Crippen molar-refractivity contribution in [2.75, 3.05) is 0 Å². The highest BCUT2D eigenvalue weighted by atomic mass is 32.2. The zero-order valence-corrected chi connectivity index (χ0v) is 17.2. The third-order valence-electron chi connectivity index (χ3n) is 5.39. The SMILES string of the molecule is O=C1C=C2C(=C(S(=O)(=O)c3ccccc3)CCCC2S(=O)(=O)c2ccccc2)C1. The maximum absolute atomic E-state index is 13.3. The average molecular weight is 429 g/mol. The summed E-state index contributed by atoms with van der Waals surface area (Å²) in [4.78, 5) is 12.7. The van der Waals surface area contributed by atoms with Crippen LogP contribution in [0.25, 0.3) is 0 Å². The van der Waals surface area contributed by atoms with E-state index in [2.05, 4.69) is 0 Å². The molecule has 1 unspecified atom stereocenters. The molecule has 0 heterocycles. The van der Waals surface area contributed by atoms with Gasteiger partial charge in [-0.05, 0) is 60.8 Å². The second-order valence-corrected chi connectivity index (χ2v) is 11.3. The van der Waals surface area contributed by atoms with Crippen LogP contribution in [-0.2, 0) is 24.5 Å². The van der Waals surface area contributed by atoms with Crippen molar-refractivity contribution in [3.63, 3.8) is 0 Å². The third-order valence-corrected chi connectivity index (χ3v) is 9.55. The lowest BCUT2D eigenvalue weighted by atomic mass is 10.1. The van der Waals surface area contributed by atoms with Crippen LogP contribution >= 0.6 is 0 Å². The van der Waals surface area contributed by atoms with Crippen LogP contribution in [0.5, 0.6) is 0 Å². The van der Waals surface area contributed by atoms with E-state index in [0.29, 0.717) is 17.6 Å². The summed E-state index contributed by atoms with van der Waals surface area (Å²) >= 11 is 0. The molecule has 0 spiro atoms. The number of carbonyl (C=O) groups is 1. The van der Waals surface area contributed by atoms with E-state index in [4.69, 9.17) is 0 Å². The number of fused-ring (bicyclic) bond motifs is 1. The minimum absolute atomic E-state index is 0.0719. The van der Waals surface area contributed by atoms with Crippen LogP contribution in [0, 0.1) is 0 Å². The van der Waals surface area contributed by atoms with Crippen LogP contribution in [0.3, 0.4) is 0 Å². The van der Waals surface area contributed by atoms with Gasteiger partial charge in [-0.15, -0.1) is 0 Å². The Balaban J connectivity index is 1.86. The van der Waals surface area contributed by atoms with Gasteiger partial charge in [-0.25, -0.2) is 16.8 Å². The Morgan fingerprint density at radius 2 is 1.38 bits per heavy atom. The fraction of sp³-hybridized carbons (Fsp3) is 0.227. The summed E-state index contributed by atoms with van der Waals surface area (Å²) in [5, 5.41) is -0.921. The van der Waals surface area contributed by atoms with Gasteiger partial charge in [0.2, 0.25) is 9.84 Å². The Morgan fingerprint density at radius 3 is 2.00 bits per heavy atom. The number of benzene rings is 2. The molecular weight excluding hydrogens is 408 g/mol.